The van der Waals surface area contributed by atoms with E-state index in [0.717, 1.165) is 24.9 Å². The van der Waals surface area contributed by atoms with Gasteiger partial charge in [-0.3, -0.25) is 9.59 Å². The zero-order valence-electron chi connectivity index (χ0n) is 12.8. The fourth-order valence-corrected chi connectivity index (χ4v) is 3.10. The second-order valence-corrected chi connectivity index (χ2v) is 6.17. The maximum atomic E-state index is 12.1. The molecule has 118 valence electrons. The number of rotatable bonds is 6. The van der Waals surface area contributed by atoms with Gasteiger partial charge in [0.1, 0.15) is 0 Å². The molecule has 1 aromatic rings. The summed E-state index contributed by atoms with van der Waals surface area (Å²) in [7, 11) is 0. The van der Waals surface area contributed by atoms with E-state index in [0.29, 0.717) is 31.8 Å². The summed E-state index contributed by atoms with van der Waals surface area (Å²) in [4.78, 5) is 26.0. The van der Waals surface area contributed by atoms with Crippen molar-refractivity contribution in [1.82, 2.24) is 5.32 Å². The van der Waals surface area contributed by atoms with E-state index in [2.05, 4.69) is 5.32 Å². The lowest BCUT2D eigenvalue weighted by Crippen LogP contribution is -2.44. The van der Waals surface area contributed by atoms with Crippen LogP contribution < -0.4 is 16.0 Å². The van der Waals surface area contributed by atoms with Crippen LogP contribution in [-0.2, 0) is 16.0 Å². The van der Waals surface area contributed by atoms with E-state index in [9.17, 15) is 9.59 Å². The SMILES string of the molecule is NCC(NC(=O)CCN1C(=O)CCc2ccccc21)C1CC1. The highest BCUT2D eigenvalue weighted by Crippen LogP contribution is 2.32. The summed E-state index contributed by atoms with van der Waals surface area (Å²) in [5.74, 6) is 0.633. The summed E-state index contributed by atoms with van der Waals surface area (Å²) in [6, 6.07) is 8.02. The number of nitrogens with one attached hydrogen (secondary N) is 1. The van der Waals surface area contributed by atoms with Crippen molar-refractivity contribution in [2.45, 2.75) is 38.1 Å². The van der Waals surface area contributed by atoms with Crippen molar-refractivity contribution in [3.05, 3.63) is 29.8 Å². The number of anilines is 1. The molecular formula is C17H23N3O2. The van der Waals surface area contributed by atoms with Crippen molar-refractivity contribution >= 4 is 17.5 Å². The van der Waals surface area contributed by atoms with Gasteiger partial charge in [-0.25, -0.2) is 0 Å². The van der Waals surface area contributed by atoms with Gasteiger partial charge in [0.25, 0.3) is 0 Å². The van der Waals surface area contributed by atoms with Crippen LogP contribution in [0.2, 0.25) is 0 Å². The third kappa shape index (κ3) is 3.30. The molecule has 2 aliphatic rings. The number of aryl methyl sites for hydroxylation is 1. The lowest BCUT2D eigenvalue weighted by atomic mass is 10.0. The monoisotopic (exact) mass is 301 g/mol. The maximum absolute atomic E-state index is 12.1. The summed E-state index contributed by atoms with van der Waals surface area (Å²) in [6.07, 6.45) is 3.93. The molecule has 1 aromatic carbocycles. The van der Waals surface area contributed by atoms with Gasteiger partial charge in [0, 0.05) is 37.7 Å². The number of benzene rings is 1. The highest BCUT2D eigenvalue weighted by atomic mass is 16.2. The number of nitrogens with zero attached hydrogens (tertiary/aromatic N) is 1. The van der Waals surface area contributed by atoms with Gasteiger partial charge in [0.2, 0.25) is 11.8 Å². The first-order chi connectivity index (χ1) is 10.7. The first-order valence-electron chi connectivity index (χ1n) is 8.06. The molecule has 1 aliphatic carbocycles. The van der Waals surface area contributed by atoms with Crippen molar-refractivity contribution in [2.24, 2.45) is 11.7 Å². The van der Waals surface area contributed by atoms with Crippen molar-refractivity contribution in [3.63, 3.8) is 0 Å². The molecule has 5 nitrogen and oxygen atoms in total. The van der Waals surface area contributed by atoms with Gasteiger partial charge in [-0.15, -0.1) is 0 Å². The van der Waals surface area contributed by atoms with Crippen molar-refractivity contribution in [2.75, 3.05) is 18.0 Å². The topological polar surface area (TPSA) is 75.4 Å². The predicted octanol–water partition coefficient (Wildman–Crippen LogP) is 1.21. The average molecular weight is 301 g/mol. The number of carbonyl (C=O) groups is 2. The minimum absolute atomic E-state index is 0.0156. The molecule has 0 saturated heterocycles. The third-order valence-corrected chi connectivity index (χ3v) is 4.55. The summed E-state index contributed by atoms with van der Waals surface area (Å²) >= 11 is 0. The van der Waals surface area contributed by atoms with Crippen LogP contribution in [0.4, 0.5) is 5.69 Å². The van der Waals surface area contributed by atoms with E-state index >= 15 is 0 Å². The van der Waals surface area contributed by atoms with Crippen LogP contribution in [0, 0.1) is 5.92 Å². The standard InChI is InChI=1S/C17H23N3O2/c18-11-14(12-5-6-12)19-16(21)9-10-20-15-4-2-1-3-13(15)7-8-17(20)22/h1-4,12,14H,5-11,18H2,(H,19,21). The Bertz CT molecular complexity index is 569. The Labute approximate surface area is 130 Å². The van der Waals surface area contributed by atoms with Gasteiger partial charge in [0.15, 0.2) is 0 Å². The van der Waals surface area contributed by atoms with E-state index < -0.39 is 0 Å². The fourth-order valence-electron chi connectivity index (χ4n) is 3.10. The molecule has 0 aromatic heterocycles. The molecule has 0 spiro atoms. The molecule has 3 N–H and O–H groups in total. The van der Waals surface area contributed by atoms with Gasteiger partial charge < -0.3 is 16.0 Å². The lowest BCUT2D eigenvalue weighted by Gasteiger charge is -2.29. The Morgan fingerprint density at radius 2 is 2.09 bits per heavy atom. The number of hydrogen-bond donors (Lipinski definition) is 2. The van der Waals surface area contributed by atoms with Gasteiger partial charge in [-0.05, 0) is 36.8 Å². The zero-order chi connectivity index (χ0) is 15.5. The zero-order valence-corrected chi connectivity index (χ0v) is 12.8. The maximum Gasteiger partial charge on any atom is 0.227 e. The van der Waals surface area contributed by atoms with E-state index in [1.54, 1.807) is 4.90 Å². The smallest absolute Gasteiger partial charge is 0.227 e. The normalized spacial score (nSPS) is 18.8. The highest BCUT2D eigenvalue weighted by Gasteiger charge is 2.31. The van der Waals surface area contributed by atoms with Crippen LogP contribution >= 0.6 is 0 Å². The van der Waals surface area contributed by atoms with Crippen LogP contribution in [-0.4, -0.2) is 30.9 Å². The lowest BCUT2D eigenvalue weighted by molar-refractivity contribution is -0.122. The van der Waals surface area contributed by atoms with E-state index in [4.69, 9.17) is 5.73 Å². The number of amides is 2. The second-order valence-electron chi connectivity index (χ2n) is 6.17. The fraction of sp³-hybridized carbons (Fsp3) is 0.529. The minimum Gasteiger partial charge on any atom is -0.352 e. The number of fused-ring (bicyclic) bond motifs is 1. The van der Waals surface area contributed by atoms with Gasteiger partial charge >= 0.3 is 0 Å². The van der Waals surface area contributed by atoms with Crippen molar-refractivity contribution < 1.29 is 9.59 Å². The number of nitrogens with two attached hydrogens (primary N) is 1. The van der Waals surface area contributed by atoms with Gasteiger partial charge in [0.05, 0.1) is 0 Å². The predicted molar refractivity (Wildman–Crippen MR) is 85.4 cm³/mol. The van der Waals surface area contributed by atoms with Crippen LogP contribution in [0.1, 0.15) is 31.2 Å². The van der Waals surface area contributed by atoms with Crippen LogP contribution in [0.3, 0.4) is 0 Å². The molecule has 1 saturated carbocycles. The molecule has 22 heavy (non-hydrogen) atoms. The first-order valence-corrected chi connectivity index (χ1v) is 8.06. The van der Waals surface area contributed by atoms with E-state index in [1.807, 2.05) is 24.3 Å². The summed E-state index contributed by atoms with van der Waals surface area (Å²) in [5.41, 5.74) is 7.84. The second kappa shape index (κ2) is 6.48. The number of para-hydroxylation sites is 1. The number of hydrogen-bond acceptors (Lipinski definition) is 3. The molecule has 3 rings (SSSR count). The van der Waals surface area contributed by atoms with E-state index in [-0.39, 0.29) is 17.9 Å². The Kier molecular flexibility index (Phi) is 4.43. The Morgan fingerprint density at radius 1 is 1.32 bits per heavy atom. The van der Waals surface area contributed by atoms with Gasteiger partial charge in [-0.1, -0.05) is 18.2 Å². The minimum atomic E-state index is -0.0156. The van der Waals surface area contributed by atoms with E-state index in [1.165, 1.54) is 5.56 Å². The largest absolute Gasteiger partial charge is 0.352 e. The number of carbonyl (C=O) groups excluding carboxylic acids is 2. The molecule has 1 heterocycles. The highest BCUT2D eigenvalue weighted by molar-refractivity contribution is 5.97. The molecular weight excluding hydrogens is 278 g/mol. The summed E-state index contributed by atoms with van der Waals surface area (Å²) < 4.78 is 0. The molecule has 1 unspecified atom stereocenters. The molecule has 0 radical (unpaired) electrons. The summed E-state index contributed by atoms with van der Waals surface area (Å²) in [5, 5.41) is 3.01. The van der Waals surface area contributed by atoms with Crippen LogP contribution in [0.5, 0.6) is 0 Å². The Hall–Kier alpha value is -1.88. The molecule has 5 heteroatoms. The molecule has 0 bridgehead atoms. The first kappa shape index (κ1) is 15.0. The Balaban J connectivity index is 1.58. The summed E-state index contributed by atoms with van der Waals surface area (Å²) in [6.45, 7) is 0.922. The van der Waals surface area contributed by atoms with Crippen LogP contribution in [0.25, 0.3) is 0 Å². The molecule has 2 amide bonds. The average Bonchev–Trinajstić information content (AvgIpc) is 3.36. The van der Waals surface area contributed by atoms with Crippen LogP contribution in [0.15, 0.2) is 24.3 Å². The van der Waals surface area contributed by atoms with Gasteiger partial charge in [-0.2, -0.15) is 0 Å². The van der Waals surface area contributed by atoms with Crippen molar-refractivity contribution in [1.29, 1.82) is 0 Å². The quantitative estimate of drug-likeness (QED) is 0.829. The molecule has 1 fully saturated rings. The molecule has 1 atom stereocenters. The third-order valence-electron chi connectivity index (χ3n) is 4.55. The molecule has 1 aliphatic heterocycles. The Morgan fingerprint density at radius 3 is 2.82 bits per heavy atom. The van der Waals surface area contributed by atoms with Crippen molar-refractivity contribution in [3.8, 4) is 0 Å².